The summed E-state index contributed by atoms with van der Waals surface area (Å²) in [5.74, 6) is 0.351. The van der Waals surface area contributed by atoms with E-state index in [9.17, 15) is 4.79 Å². The van der Waals surface area contributed by atoms with Gasteiger partial charge in [-0.05, 0) is 25.5 Å². The predicted molar refractivity (Wildman–Crippen MR) is 73.1 cm³/mol. The first-order chi connectivity index (χ1) is 8.27. The first kappa shape index (κ1) is 13.2. The molecule has 1 heterocycles. The average molecular weight is 256 g/mol. The molecule has 0 spiro atoms. The fourth-order valence-corrected chi connectivity index (χ4v) is 4.03. The van der Waals surface area contributed by atoms with Gasteiger partial charge in [0.15, 0.2) is 0 Å². The second-order valence-electron chi connectivity index (χ2n) is 5.14. The highest BCUT2D eigenvalue weighted by atomic mass is 32.2. The molecule has 0 radical (unpaired) electrons. The van der Waals surface area contributed by atoms with Crippen LogP contribution in [0.2, 0.25) is 0 Å². The number of hydrogen-bond donors (Lipinski definition) is 1. The van der Waals surface area contributed by atoms with E-state index >= 15 is 0 Å². The fourth-order valence-electron chi connectivity index (χ4n) is 3.03. The molecule has 0 aromatic rings. The summed E-state index contributed by atoms with van der Waals surface area (Å²) >= 11 is 1.93. The molecule has 98 valence electrons. The summed E-state index contributed by atoms with van der Waals surface area (Å²) in [7, 11) is 0. The molecule has 2 aliphatic rings. The number of nitrogens with one attached hydrogen (secondary N) is 1. The molecule has 2 fully saturated rings. The average Bonchev–Trinajstić information content (AvgIpc) is 2.93. The molecular formula is C13H24N2OS. The zero-order chi connectivity index (χ0) is 12.3. The van der Waals surface area contributed by atoms with Gasteiger partial charge in [0.2, 0.25) is 5.91 Å². The van der Waals surface area contributed by atoms with Crippen LogP contribution in [0.5, 0.6) is 0 Å². The molecule has 1 N–H and O–H groups in total. The molecule has 17 heavy (non-hydrogen) atoms. The third-order valence-corrected chi connectivity index (χ3v) is 5.21. The van der Waals surface area contributed by atoms with E-state index in [0.717, 1.165) is 19.5 Å². The van der Waals surface area contributed by atoms with E-state index in [1.807, 2.05) is 11.8 Å². The number of thioether (sulfide) groups is 1. The van der Waals surface area contributed by atoms with E-state index in [1.165, 1.54) is 25.7 Å². The van der Waals surface area contributed by atoms with Crippen molar-refractivity contribution in [1.82, 2.24) is 10.2 Å². The van der Waals surface area contributed by atoms with E-state index in [2.05, 4.69) is 23.4 Å². The second kappa shape index (κ2) is 6.10. The Bertz CT molecular complexity index is 272. The zero-order valence-electron chi connectivity index (χ0n) is 10.9. The van der Waals surface area contributed by atoms with Gasteiger partial charge in [-0.15, -0.1) is 0 Å². The van der Waals surface area contributed by atoms with Crippen LogP contribution in [0.1, 0.15) is 45.4 Å². The number of rotatable bonds is 5. The standard InChI is InChI=1S/C13H24N2OS/c1-3-4-6-10-13(16)15(9-14-10)11-7-5-8-12(11)17-2/h10-12,14H,3-9H2,1-2H3. The Morgan fingerprint density at radius 3 is 3.00 bits per heavy atom. The highest BCUT2D eigenvalue weighted by Crippen LogP contribution is 2.33. The summed E-state index contributed by atoms with van der Waals surface area (Å²) in [6.07, 6.45) is 9.23. The van der Waals surface area contributed by atoms with Crippen molar-refractivity contribution in [2.45, 2.75) is 62.8 Å². The first-order valence-electron chi connectivity index (χ1n) is 6.84. The molecule has 1 saturated carbocycles. The SMILES string of the molecule is CCCCC1NCN(C2CCCC2SC)C1=O. The number of hydrogen-bond acceptors (Lipinski definition) is 3. The van der Waals surface area contributed by atoms with Crippen molar-refractivity contribution in [2.24, 2.45) is 0 Å². The van der Waals surface area contributed by atoms with Crippen LogP contribution in [0.15, 0.2) is 0 Å². The Balaban J connectivity index is 1.92. The lowest BCUT2D eigenvalue weighted by Gasteiger charge is -2.28. The quantitative estimate of drug-likeness (QED) is 0.818. The van der Waals surface area contributed by atoms with Crippen molar-refractivity contribution in [1.29, 1.82) is 0 Å². The molecule has 1 saturated heterocycles. The molecule has 1 aliphatic carbocycles. The van der Waals surface area contributed by atoms with Crippen LogP contribution < -0.4 is 5.32 Å². The second-order valence-corrected chi connectivity index (χ2v) is 6.21. The molecule has 3 unspecified atom stereocenters. The van der Waals surface area contributed by atoms with E-state index < -0.39 is 0 Å². The summed E-state index contributed by atoms with van der Waals surface area (Å²) in [5.41, 5.74) is 0. The van der Waals surface area contributed by atoms with Crippen LogP contribution >= 0.6 is 11.8 Å². The molecule has 4 heteroatoms. The number of carbonyl (C=O) groups excluding carboxylic acids is 1. The Hall–Kier alpha value is -0.220. The van der Waals surface area contributed by atoms with Crippen LogP contribution in [-0.2, 0) is 4.79 Å². The maximum absolute atomic E-state index is 12.3. The molecule has 2 rings (SSSR count). The minimum atomic E-state index is 0.0954. The predicted octanol–water partition coefficient (Wildman–Crippen LogP) is 2.22. The maximum atomic E-state index is 12.3. The van der Waals surface area contributed by atoms with Crippen LogP contribution in [0, 0.1) is 0 Å². The summed E-state index contributed by atoms with van der Waals surface area (Å²) in [4.78, 5) is 14.4. The van der Waals surface area contributed by atoms with E-state index in [4.69, 9.17) is 0 Å². The highest BCUT2D eigenvalue weighted by Gasteiger charge is 2.40. The van der Waals surface area contributed by atoms with Gasteiger partial charge in [-0.2, -0.15) is 11.8 Å². The van der Waals surface area contributed by atoms with E-state index in [0.29, 0.717) is 17.2 Å². The molecular weight excluding hydrogens is 232 g/mol. The third-order valence-electron chi connectivity index (χ3n) is 4.06. The molecule has 0 aromatic heterocycles. The summed E-state index contributed by atoms with van der Waals surface area (Å²) in [5, 5.41) is 4.04. The number of carbonyl (C=O) groups is 1. The van der Waals surface area contributed by atoms with Crippen LogP contribution in [0.25, 0.3) is 0 Å². The lowest BCUT2D eigenvalue weighted by molar-refractivity contribution is -0.130. The fraction of sp³-hybridized carbons (Fsp3) is 0.923. The minimum absolute atomic E-state index is 0.0954. The van der Waals surface area contributed by atoms with Crippen molar-refractivity contribution in [3.63, 3.8) is 0 Å². The van der Waals surface area contributed by atoms with Gasteiger partial charge in [-0.25, -0.2) is 0 Å². The van der Waals surface area contributed by atoms with Gasteiger partial charge >= 0.3 is 0 Å². The Morgan fingerprint density at radius 2 is 2.29 bits per heavy atom. The van der Waals surface area contributed by atoms with Crippen molar-refractivity contribution in [3.8, 4) is 0 Å². The van der Waals surface area contributed by atoms with Crippen LogP contribution in [0.3, 0.4) is 0 Å². The topological polar surface area (TPSA) is 32.3 Å². The highest BCUT2D eigenvalue weighted by molar-refractivity contribution is 7.99. The first-order valence-corrected chi connectivity index (χ1v) is 8.13. The third kappa shape index (κ3) is 2.79. The molecule has 1 amide bonds. The Labute approximate surface area is 109 Å². The molecule has 1 aliphatic heterocycles. The monoisotopic (exact) mass is 256 g/mol. The van der Waals surface area contributed by atoms with Gasteiger partial charge in [0.05, 0.1) is 12.7 Å². The zero-order valence-corrected chi connectivity index (χ0v) is 11.8. The largest absolute Gasteiger partial charge is 0.324 e. The van der Waals surface area contributed by atoms with Crippen molar-refractivity contribution >= 4 is 17.7 Å². The lowest BCUT2D eigenvalue weighted by Crippen LogP contribution is -2.41. The van der Waals surface area contributed by atoms with Crippen molar-refractivity contribution in [2.75, 3.05) is 12.9 Å². The van der Waals surface area contributed by atoms with Crippen molar-refractivity contribution in [3.05, 3.63) is 0 Å². The van der Waals surface area contributed by atoms with Gasteiger partial charge in [0.25, 0.3) is 0 Å². The van der Waals surface area contributed by atoms with Gasteiger partial charge in [0.1, 0.15) is 0 Å². The molecule has 3 atom stereocenters. The maximum Gasteiger partial charge on any atom is 0.241 e. The number of nitrogens with zero attached hydrogens (tertiary/aromatic N) is 1. The Kier molecular flexibility index (Phi) is 4.74. The van der Waals surface area contributed by atoms with Crippen LogP contribution in [-0.4, -0.2) is 41.1 Å². The van der Waals surface area contributed by atoms with Gasteiger partial charge in [-0.1, -0.05) is 26.2 Å². The lowest BCUT2D eigenvalue weighted by atomic mass is 10.1. The number of amides is 1. The van der Waals surface area contributed by atoms with Gasteiger partial charge in [0, 0.05) is 11.3 Å². The summed E-state index contributed by atoms with van der Waals surface area (Å²) < 4.78 is 0. The molecule has 0 bridgehead atoms. The summed E-state index contributed by atoms with van der Waals surface area (Å²) in [6, 6.07) is 0.578. The number of unbranched alkanes of at least 4 members (excludes halogenated alkanes) is 1. The van der Waals surface area contributed by atoms with E-state index in [-0.39, 0.29) is 6.04 Å². The van der Waals surface area contributed by atoms with Crippen LogP contribution in [0.4, 0.5) is 0 Å². The smallest absolute Gasteiger partial charge is 0.241 e. The Morgan fingerprint density at radius 1 is 1.47 bits per heavy atom. The van der Waals surface area contributed by atoms with Gasteiger partial charge in [-0.3, -0.25) is 10.1 Å². The van der Waals surface area contributed by atoms with Gasteiger partial charge < -0.3 is 4.90 Å². The summed E-state index contributed by atoms with van der Waals surface area (Å²) in [6.45, 7) is 2.95. The molecule has 0 aromatic carbocycles. The minimum Gasteiger partial charge on any atom is -0.324 e. The molecule has 3 nitrogen and oxygen atoms in total. The normalized spacial score (nSPS) is 33.6. The van der Waals surface area contributed by atoms with E-state index in [1.54, 1.807) is 0 Å². The van der Waals surface area contributed by atoms with Crippen molar-refractivity contribution < 1.29 is 4.79 Å².